The van der Waals surface area contributed by atoms with Crippen molar-refractivity contribution in [2.45, 2.75) is 37.8 Å². The summed E-state index contributed by atoms with van der Waals surface area (Å²) in [6.45, 7) is 0. The average molecular weight is 255 g/mol. The molecular formula is C16H17NO2. The van der Waals surface area contributed by atoms with E-state index in [0.717, 1.165) is 5.56 Å². The van der Waals surface area contributed by atoms with Crippen LogP contribution >= 0.6 is 0 Å². The van der Waals surface area contributed by atoms with Crippen LogP contribution in [0.4, 0.5) is 0 Å². The molecule has 0 aliphatic heterocycles. The van der Waals surface area contributed by atoms with Gasteiger partial charge >= 0.3 is 0 Å². The minimum Gasteiger partial charge on any atom is -0.393 e. The maximum absolute atomic E-state index is 11.9. The molecule has 0 unspecified atom stereocenters. The number of hydrogen-bond acceptors (Lipinski definition) is 2. The van der Waals surface area contributed by atoms with Crippen molar-refractivity contribution in [2.24, 2.45) is 5.92 Å². The minimum atomic E-state index is -0.245. The Hall–Kier alpha value is -1.79. The van der Waals surface area contributed by atoms with Crippen molar-refractivity contribution in [1.29, 1.82) is 0 Å². The normalized spacial score (nSPS) is 24.9. The van der Waals surface area contributed by atoms with Gasteiger partial charge in [-0.3, -0.25) is 4.79 Å². The van der Waals surface area contributed by atoms with Crippen LogP contribution in [0.2, 0.25) is 0 Å². The lowest BCUT2D eigenvalue weighted by Crippen LogP contribution is -2.46. The van der Waals surface area contributed by atoms with E-state index in [1.165, 1.54) is 12.8 Å². The molecule has 0 atom stereocenters. The van der Waals surface area contributed by atoms with Gasteiger partial charge in [-0.25, -0.2) is 0 Å². The maximum Gasteiger partial charge on any atom is 0.251 e. The topological polar surface area (TPSA) is 49.3 Å². The molecule has 1 aromatic rings. The molecule has 0 spiro atoms. The van der Waals surface area contributed by atoms with Gasteiger partial charge in [-0.1, -0.05) is 11.8 Å². The van der Waals surface area contributed by atoms with E-state index in [0.29, 0.717) is 24.3 Å². The summed E-state index contributed by atoms with van der Waals surface area (Å²) in [6.07, 6.45) is 3.53. The molecule has 3 nitrogen and oxygen atoms in total. The molecular weight excluding hydrogens is 238 g/mol. The van der Waals surface area contributed by atoms with Crippen molar-refractivity contribution < 1.29 is 9.90 Å². The van der Waals surface area contributed by atoms with Crippen LogP contribution in [0, 0.1) is 17.8 Å². The predicted octanol–water partition coefficient (Wildman–Crippen LogP) is 1.70. The zero-order valence-electron chi connectivity index (χ0n) is 10.7. The van der Waals surface area contributed by atoms with Gasteiger partial charge in [0.25, 0.3) is 5.91 Å². The monoisotopic (exact) mass is 255 g/mol. The van der Waals surface area contributed by atoms with Gasteiger partial charge in [0.2, 0.25) is 0 Å². The average Bonchev–Trinajstić information content (AvgIpc) is 3.19. The number of amides is 1. The first-order valence-electron chi connectivity index (χ1n) is 6.81. The Kier molecular flexibility index (Phi) is 3.27. The molecule has 0 radical (unpaired) electrons. The highest BCUT2D eigenvalue weighted by Gasteiger charge is 2.28. The number of aliphatic hydroxyl groups excluding tert-OH is 1. The fraction of sp³-hybridized carbons (Fsp3) is 0.438. The van der Waals surface area contributed by atoms with Gasteiger partial charge in [-0.05, 0) is 49.9 Å². The lowest BCUT2D eigenvalue weighted by Gasteiger charge is -2.31. The molecule has 1 amide bonds. The van der Waals surface area contributed by atoms with Crippen molar-refractivity contribution in [2.75, 3.05) is 0 Å². The molecule has 0 heterocycles. The Balaban J connectivity index is 1.58. The van der Waals surface area contributed by atoms with Crippen molar-refractivity contribution in [3.05, 3.63) is 35.4 Å². The summed E-state index contributed by atoms with van der Waals surface area (Å²) in [5.41, 5.74) is 1.61. The second-order valence-corrected chi connectivity index (χ2v) is 5.42. The molecule has 0 bridgehead atoms. The number of rotatable bonds is 2. The van der Waals surface area contributed by atoms with Crippen LogP contribution in [-0.2, 0) is 0 Å². The molecule has 2 aliphatic rings. The van der Waals surface area contributed by atoms with E-state index in [4.69, 9.17) is 0 Å². The highest BCUT2D eigenvalue weighted by molar-refractivity contribution is 5.94. The lowest BCUT2D eigenvalue weighted by atomic mass is 9.89. The quantitative estimate of drug-likeness (QED) is 0.790. The summed E-state index contributed by atoms with van der Waals surface area (Å²) in [5, 5.41) is 12.1. The number of carbonyl (C=O) groups excluding carboxylic acids is 1. The first kappa shape index (κ1) is 12.3. The largest absolute Gasteiger partial charge is 0.393 e. The first-order chi connectivity index (χ1) is 9.20. The summed E-state index contributed by atoms with van der Waals surface area (Å²) in [4.78, 5) is 11.9. The Labute approximate surface area is 113 Å². The standard InChI is InChI=1S/C16H17NO2/c18-15-9-14(10-15)17-16(19)13-7-5-12(6-8-13)4-3-11-1-2-11/h5-8,11,14-15,18H,1-2,9-10H2,(H,17,19). The molecule has 2 aliphatic carbocycles. The lowest BCUT2D eigenvalue weighted by molar-refractivity contribution is 0.0562. The maximum atomic E-state index is 11.9. The Morgan fingerprint density at radius 3 is 2.47 bits per heavy atom. The second kappa shape index (κ2) is 5.07. The Bertz CT molecular complexity index is 528. The van der Waals surface area contributed by atoms with Gasteiger partial charge in [0, 0.05) is 23.1 Å². The number of nitrogens with one attached hydrogen (secondary N) is 1. The minimum absolute atomic E-state index is 0.0707. The van der Waals surface area contributed by atoms with Crippen molar-refractivity contribution >= 4 is 5.91 Å². The highest BCUT2D eigenvalue weighted by atomic mass is 16.3. The number of benzene rings is 1. The summed E-state index contributed by atoms with van der Waals surface area (Å²) < 4.78 is 0. The van der Waals surface area contributed by atoms with Crippen LogP contribution in [0.25, 0.3) is 0 Å². The number of hydrogen-bond donors (Lipinski definition) is 2. The number of aliphatic hydroxyl groups is 1. The molecule has 2 fully saturated rings. The van der Waals surface area contributed by atoms with E-state index in [2.05, 4.69) is 17.2 Å². The first-order valence-corrected chi connectivity index (χ1v) is 6.81. The smallest absolute Gasteiger partial charge is 0.251 e. The van der Waals surface area contributed by atoms with Crippen molar-refractivity contribution in [1.82, 2.24) is 5.32 Å². The summed E-state index contributed by atoms with van der Waals surface area (Å²) >= 11 is 0. The van der Waals surface area contributed by atoms with Crippen LogP contribution in [0.1, 0.15) is 41.6 Å². The van der Waals surface area contributed by atoms with E-state index in [-0.39, 0.29) is 18.1 Å². The molecule has 0 aromatic heterocycles. The predicted molar refractivity (Wildman–Crippen MR) is 72.5 cm³/mol. The SMILES string of the molecule is O=C(NC1CC(O)C1)c1ccc(C#CC2CC2)cc1. The summed E-state index contributed by atoms with van der Waals surface area (Å²) in [6, 6.07) is 7.51. The van der Waals surface area contributed by atoms with Gasteiger partial charge in [0.15, 0.2) is 0 Å². The number of carbonyl (C=O) groups is 1. The molecule has 3 rings (SSSR count). The van der Waals surface area contributed by atoms with Crippen LogP contribution in [-0.4, -0.2) is 23.2 Å². The molecule has 3 heteroatoms. The molecule has 2 N–H and O–H groups in total. The zero-order valence-corrected chi connectivity index (χ0v) is 10.7. The fourth-order valence-corrected chi connectivity index (χ4v) is 2.09. The molecule has 98 valence electrons. The summed E-state index contributed by atoms with van der Waals surface area (Å²) in [7, 11) is 0. The third-order valence-corrected chi connectivity index (χ3v) is 3.59. The van der Waals surface area contributed by atoms with Gasteiger partial charge in [-0.15, -0.1) is 0 Å². The highest BCUT2D eigenvalue weighted by Crippen LogP contribution is 2.27. The van der Waals surface area contributed by atoms with Crippen molar-refractivity contribution in [3.63, 3.8) is 0 Å². The van der Waals surface area contributed by atoms with Crippen LogP contribution in [0.3, 0.4) is 0 Å². The molecule has 2 saturated carbocycles. The summed E-state index contributed by atoms with van der Waals surface area (Å²) in [5.74, 6) is 6.85. The van der Waals surface area contributed by atoms with Gasteiger partial charge in [-0.2, -0.15) is 0 Å². The third kappa shape index (κ3) is 3.15. The molecule has 19 heavy (non-hydrogen) atoms. The zero-order chi connectivity index (χ0) is 13.2. The van der Waals surface area contributed by atoms with Crippen molar-refractivity contribution in [3.8, 4) is 11.8 Å². The van der Waals surface area contributed by atoms with Crippen LogP contribution in [0.5, 0.6) is 0 Å². The van der Waals surface area contributed by atoms with Crippen LogP contribution < -0.4 is 5.32 Å². The van der Waals surface area contributed by atoms with E-state index >= 15 is 0 Å². The van der Waals surface area contributed by atoms with E-state index < -0.39 is 0 Å². The van der Waals surface area contributed by atoms with Gasteiger partial charge in [0.05, 0.1) is 6.10 Å². The van der Waals surface area contributed by atoms with E-state index in [1.807, 2.05) is 12.1 Å². The molecule has 0 saturated heterocycles. The third-order valence-electron chi connectivity index (χ3n) is 3.59. The van der Waals surface area contributed by atoms with E-state index in [1.54, 1.807) is 12.1 Å². The van der Waals surface area contributed by atoms with Gasteiger partial charge < -0.3 is 10.4 Å². The van der Waals surface area contributed by atoms with Crippen LogP contribution in [0.15, 0.2) is 24.3 Å². The molecule has 1 aromatic carbocycles. The van der Waals surface area contributed by atoms with Gasteiger partial charge in [0.1, 0.15) is 0 Å². The second-order valence-electron chi connectivity index (χ2n) is 5.42. The fourth-order valence-electron chi connectivity index (χ4n) is 2.09. The van der Waals surface area contributed by atoms with E-state index in [9.17, 15) is 9.90 Å². The Morgan fingerprint density at radius 2 is 1.89 bits per heavy atom. The Morgan fingerprint density at radius 1 is 1.21 bits per heavy atom.